The van der Waals surface area contributed by atoms with Crippen LogP contribution in [0.15, 0.2) is 42.5 Å². The molecule has 2 nitrogen and oxygen atoms in total. The molecule has 2 aromatic rings. The van der Waals surface area contributed by atoms with Gasteiger partial charge in [-0.05, 0) is 42.0 Å². The number of halogens is 3. The van der Waals surface area contributed by atoms with Crippen LogP contribution < -0.4 is 10.6 Å². The molecule has 0 heterocycles. The molecule has 0 amide bonds. The highest BCUT2D eigenvalue weighted by Gasteiger charge is 2.09. The summed E-state index contributed by atoms with van der Waals surface area (Å²) in [4.78, 5) is 0. The van der Waals surface area contributed by atoms with Crippen LogP contribution in [0.4, 0.5) is 18.9 Å². The third kappa shape index (κ3) is 3.71. The van der Waals surface area contributed by atoms with Crippen molar-refractivity contribution in [3.63, 3.8) is 0 Å². The lowest BCUT2D eigenvalue weighted by Crippen LogP contribution is -2.28. The van der Waals surface area contributed by atoms with Gasteiger partial charge in [0.25, 0.3) is 0 Å². The normalized spacial score (nSPS) is 10.2. The van der Waals surface area contributed by atoms with E-state index in [4.69, 9.17) is 12.2 Å². The monoisotopic (exact) mass is 296 g/mol. The molecule has 20 heavy (non-hydrogen) atoms. The summed E-state index contributed by atoms with van der Waals surface area (Å²) in [6.45, 7) is 0.250. The van der Waals surface area contributed by atoms with Gasteiger partial charge in [0.05, 0.1) is 0 Å². The fourth-order valence-corrected chi connectivity index (χ4v) is 1.78. The summed E-state index contributed by atoms with van der Waals surface area (Å²) < 4.78 is 39.7. The molecule has 0 spiro atoms. The van der Waals surface area contributed by atoms with E-state index >= 15 is 0 Å². The van der Waals surface area contributed by atoms with Gasteiger partial charge in [0.1, 0.15) is 23.1 Å². The van der Waals surface area contributed by atoms with E-state index in [1.807, 2.05) is 0 Å². The zero-order valence-electron chi connectivity index (χ0n) is 10.3. The first-order valence-corrected chi connectivity index (χ1v) is 6.20. The molecule has 2 aromatic carbocycles. The third-order valence-corrected chi connectivity index (χ3v) is 2.79. The molecule has 0 bridgehead atoms. The van der Waals surface area contributed by atoms with E-state index in [0.29, 0.717) is 5.56 Å². The average molecular weight is 296 g/mol. The highest BCUT2D eigenvalue weighted by molar-refractivity contribution is 7.80. The van der Waals surface area contributed by atoms with Crippen LogP contribution in [-0.2, 0) is 6.54 Å². The summed E-state index contributed by atoms with van der Waals surface area (Å²) in [6, 6.07) is 9.47. The Bertz CT molecular complexity index is 611. The highest BCUT2D eigenvalue weighted by Crippen LogP contribution is 2.17. The Labute approximate surface area is 119 Å². The maximum atomic E-state index is 13.4. The molecule has 0 aliphatic carbocycles. The number of hydrogen-bond donors (Lipinski definition) is 2. The standard InChI is InChI=1S/C14H11F3N2S/c15-10-4-1-3-9(7-10)8-18-14(20)19-13-11(16)5-2-6-12(13)17/h1-7H,8H2,(H2,18,19,20). The fraction of sp³-hybridized carbons (Fsp3) is 0.0714. The maximum absolute atomic E-state index is 13.4. The minimum Gasteiger partial charge on any atom is -0.358 e. The van der Waals surface area contributed by atoms with Gasteiger partial charge in [0, 0.05) is 6.54 Å². The molecule has 0 saturated carbocycles. The second-order valence-electron chi connectivity index (χ2n) is 4.03. The summed E-state index contributed by atoms with van der Waals surface area (Å²) in [5.41, 5.74) is 0.354. The van der Waals surface area contributed by atoms with Crippen LogP contribution in [-0.4, -0.2) is 5.11 Å². The molecule has 0 aromatic heterocycles. The number of nitrogens with one attached hydrogen (secondary N) is 2. The molecule has 0 aliphatic rings. The quantitative estimate of drug-likeness (QED) is 0.846. The molecule has 0 aliphatic heterocycles. The van der Waals surface area contributed by atoms with E-state index < -0.39 is 11.6 Å². The van der Waals surface area contributed by atoms with Crippen molar-refractivity contribution in [2.75, 3.05) is 5.32 Å². The Morgan fingerprint density at radius 1 is 1.00 bits per heavy atom. The summed E-state index contributed by atoms with van der Waals surface area (Å²) in [5.74, 6) is -1.83. The fourth-order valence-electron chi connectivity index (χ4n) is 1.60. The molecule has 0 saturated heterocycles. The molecular formula is C14H11F3N2S. The number of benzene rings is 2. The van der Waals surface area contributed by atoms with Gasteiger partial charge < -0.3 is 10.6 Å². The summed E-state index contributed by atoms with van der Waals surface area (Å²) >= 11 is 4.94. The van der Waals surface area contributed by atoms with Gasteiger partial charge in [0.15, 0.2) is 5.11 Å². The van der Waals surface area contributed by atoms with Crippen LogP contribution in [0.1, 0.15) is 5.56 Å². The average Bonchev–Trinajstić information content (AvgIpc) is 2.41. The lowest BCUT2D eigenvalue weighted by atomic mass is 10.2. The van der Waals surface area contributed by atoms with Crippen LogP contribution in [0.5, 0.6) is 0 Å². The van der Waals surface area contributed by atoms with Crippen molar-refractivity contribution >= 4 is 23.0 Å². The van der Waals surface area contributed by atoms with E-state index in [2.05, 4.69) is 10.6 Å². The largest absolute Gasteiger partial charge is 0.358 e. The first-order chi connectivity index (χ1) is 9.56. The predicted octanol–water partition coefficient (Wildman–Crippen LogP) is 3.59. The Hall–Kier alpha value is -2.08. The summed E-state index contributed by atoms with van der Waals surface area (Å²) in [7, 11) is 0. The molecule has 0 fully saturated rings. The Morgan fingerprint density at radius 3 is 2.30 bits per heavy atom. The second kappa shape index (κ2) is 6.38. The van der Waals surface area contributed by atoms with Gasteiger partial charge in [-0.2, -0.15) is 0 Å². The van der Waals surface area contributed by atoms with Crippen molar-refractivity contribution in [2.24, 2.45) is 0 Å². The minimum absolute atomic E-state index is 0.0539. The highest BCUT2D eigenvalue weighted by atomic mass is 32.1. The van der Waals surface area contributed by atoms with Crippen molar-refractivity contribution < 1.29 is 13.2 Å². The molecule has 2 N–H and O–H groups in total. The van der Waals surface area contributed by atoms with Crippen molar-refractivity contribution in [1.29, 1.82) is 0 Å². The predicted molar refractivity (Wildman–Crippen MR) is 75.8 cm³/mol. The van der Waals surface area contributed by atoms with Crippen LogP contribution in [0.25, 0.3) is 0 Å². The van der Waals surface area contributed by atoms with Gasteiger partial charge >= 0.3 is 0 Å². The Balaban J connectivity index is 1.96. The van der Waals surface area contributed by atoms with E-state index in [1.54, 1.807) is 12.1 Å². The smallest absolute Gasteiger partial charge is 0.171 e. The molecule has 0 atom stereocenters. The number of rotatable bonds is 3. The van der Waals surface area contributed by atoms with Gasteiger partial charge in [-0.25, -0.2) is 13.2 Å². The van der Waals surface area contributed by atoms with Gasteiger partial charge in [-0.15, -0.1) is 0 Å². The zero-order chi connectivity index (χ0) is 14.5. The van der Waals surface area contributed by atoms with Crippen LogP contribution in [0.3, 0.4) is 0 Å². The molecule has 6 heteroatoms. The van der Waals surface area contributed by atoms with Crippen LogP contribution in [0.2, 0.25) is 0 Å². The number of thiocarbonyl (C=S) groups is 1. The van der Waals surface area contributed by atoms with Gasteiger partial charge in [-0.3, -0.25) is 0 Å². The SMILES string of the molecule is Fc1cccc(CNC(=S)Nc2c(F)cccc2F)c1. The van der Waals surface area contributed by atoms with E-state index in [1.165, 1.54) is 18.2 Å². The summed E-state index contributed by atoms with van der Waals surface area (Å²) in [5, 5.41) is 5.24. The summed E-state index contributed by atoms with van der Waals surface area (Å²) in [6.07, 6.45) is 0. The molecular weight excluding hydrogens is 285 g/mol. The van der Waals surface area contributed by atoms with Crippen molar-refractivity contribution in [2.45, 2.75) is 6.54 Å². The third-order valence-electron chi connectivity index (χ3n) is 2.54. The number of para-hydroxylation sites is 1. The topological polar surface area (TPSA) is 24.1 Å². The first kappa shape index (κ1) is 14.3. The van der Waals surface area contributed by atoms with Gasteiger partial charge in [-0.1, -0.05) is 18.2 Å². The van der Waals surface area contributed by atoms with E-state index in [0.717, 1.165) is 12.1 Å². The maximum Gasteiger partial charge on any atom is 0.171 e. The molecule has 104 valence electrons. The second-order valence-corrected chi connectivity index (χ2v) is 4.44. The van der Waals surface area contributed by atoms with E-state index in [-0.39, 0.29) is 23.2 Å². The first-order valence-electron chi connectivity index (χ1n) is 5.79. The lowest BCUT2D eigenvalue weighted by Gasteiger charge is -2.11. The molecule has 0 unspecified atom stereocenters. The lowest BCUT2D eigenvalue weighted by molar-refractivity contribution is 0.591. The van der Waals surface area contributed by atoms with E-state index in [9.17, 15) is 13.2 Å². The van der Waals surface area contributed by atoms with Crippen molar-refractivity contribution in [1.82, 2.24) is 5.32 Å². The van der Waals surface area contributed by atoms with Crippen LogP contribution in [0, 0.1) is 17.5 Å². The van der Waals surface area contributed by atoms with Crippen molar-refractivity contribution in [3.8, 4) is 0 Å². The Kier molecular flexibility index (Phi) is 4.57. The Morgan fingerprint density at radius 2 is 1.65 bits per heavy atom. The molecule has 0 radical (unpaired) electrons. The van der Waals surface area contributed by atoms with Gasteiger partial charge in [0.2, 0.25) is 0 Å². The number of hydrogen-bond acceptors (Lipinski definition) is 1. The zero-order valence-corrected chi connectivity index (χ0v) is 11.1. The number of anilines is 1. The molecule has 2 rings (SSSR count). The van der Waals surface area contributed by atoms with Crippen molar-refractivity contribution in [3.05, 3.63) is 65.5 Å². The van der Waals surface area contributed by atoms with Crippen LogP contribution >= 0.6 is 12.2 Å². The minimum atomic E-state index is -0.736.